The normalized spacial score (nSPS) is 14.8. The van der Waals surface area contributed by atoms with Crippen LogP contribution in [0, 0.1) is 3.57 Å². The quantitative estimate of drug-likeness (QED) is 0.174. The summed E-state index contributed by atoms with van der Waals surface area (Å²) < 4.78 is 17.7. The van der Waals surface area contributed by atoms with Gasteiger partial charge in [-0.1, -0.05) is 42.5 Å². The Kier molecular flexibility index (Phi) is 6.95. The molecule has 4 aromatic rings. The number of amides is 4. The summed E-state index contributed by atoms with van der Waals surface area (Å²) in [6.45, 7) is 0.239. The van der Waals surface area contributed by atoms with Gasteiger partial charge in [0.05, 0.1) is 23.5 Å². The first-order chi connectivity index (χ1) is 17.9. The van der Waals surface area contributed by atoms with Crippen molar-refractivity contribution >= 4 is 57.3 Å². The first-order valence-electron chi connectivity index (χ1n) is 11.3. The number of imide groups is 2. The largest absolute Gasteiger partial charge is 0.493 e. The lowest BCUT2D eigenvalue weighted by Gasteiger charge is -2.25. The average Bonchev–Trinajstić information content (AvgIpc) is 3.41. The van der Waals surface area contributed by atoms with Crippen molar-refractivity contribution in [1.82, 2.24) is 10.2 Å². The minimum Gasteiger partial charge on any atom is -0.493 e. The monoisotopic (exact) mass is 608 g/mol. The zero-order chi connectivity index (χ0) is 25.9. The summed E-state index contributed by atoms with van der Waals surface area (Å²) in [4.78, 5) is 38.7. The van der Waals surface area contributed by atoms with Gasteiger partial charge >= 0.3 is 6.03 Å². The van der Waals surface area contributed by atoms with Crippen LogP contribution < -0.4 is 14.8 Å². The van der Waals surface area contributed by atoms with Gasteiger partial charge in [0.25, 0.3) is 11.8 Å². The van der Waals surface area contributed by atoms with Crippen LogP contribution in [0.1, 0.15) is 16.9 Å². The lowest BCUT2D eigenvalue weighted by atomic mass is 10.1. The fourth-order valence-electron chi connectivity index (χ4n) is 4.09. The molecule has 0 aliphatic carbocycles. The van der Waals surface area contributed by atoms with Gasteiger partial charge in [0.2, 0.25) is 0 Å². The summed E-state index contributed by atoms with van der Waals surface area (Å²) >= 11 is 2.13. The average molecular weight is 608 g/mol. The fraction of sp³-hybridized carbons (Fsp3) is 0.107. The summed E-state index contributed by atoms with van der Waals surface area (Å²) in [5.74, 6) is -0.0640. The molecule has 0 atom stereocenters. The number of hydrogen-bond acceptors (Lipinski definition) is 6. The molecule has 2 heterocycles. The Balaban J connectivity index is 1.41. The minimum atomic E-state index is -0.798. The Hall–Kier alpha value is -4.12. The number of carbonyl (C=O) groups is 3. The van der Waals surface area contributed by atoms with Crippen molar-refractivity contribution < 1.29 is 28.3 Å². The predicted molar refractivity (Wildman–Crippen MR) is 145 cm³/mol. The molecule has 186 valence electrons. The summed E-state index contributed by atoms with van der Waals surface area (Å²) in [6, 6.07) is 20.1. The number of halogens is 1. The number of nitrogens with one attached hydrogen (secondary N) is 1. The van der Waals surface area contributed by atoms with E-state index in [1.54, 1.807) is 24.3 Å². The molecule has 0 bridgehead atoms. The molecule has 1 aliphatic rings. The lowest BCUT2D eigenvalue weighted by Crippen LogP contribution is -2.53. The summed E-state index contributed by atoms with van der Waals surface area (Å²) in [5.41, 5.74) is 1.41. The highest BCUT2D eigenvalue weighted by atomic mass is 127. The minimum absolute atomic E-state index is 0.0932. The van der Waals surface area contributed by atoms with Crippen LogP contribution in [0.4, 0.5) is 4.79 Å². The summed E-state index contributed by atoms with van der Waals surface area (Å²) in [5, 5.41) is 4.44. The number of barbiturate groups is 1. The third-order valence-corrected chi connectivity index (χ3v) is 6.70. The second-order valence-electron chi connectivity index (χ2n) is 8.25. The van der Waals surface area contributed by atoms with E-state index in [-0.39, 0.29) is 12.1 Å². The second-order valence-corrected chi connectivity index (χ2v) is 9.41. The zero-order valence-corrected chi connectivity index (χ0v) is 21.9. The smallest absolute Gasteiger partial charge is 0.331 e. The highest BCUT2D eigenvalue weighted by Crippen LogP contribution is 2.36. The van der Waals surface area contributed by atoms with E-state index in [9.17, 15) is 14.4 Å². The van der Waals surface area contributed by atoms with Crippen molar-refractivity contribution in [3.8, 4) is 11.5 Å². The zero-order valence-electron chi connectivity index (χ0n) is 19.7. The Morgan fingerprint density at radius 3 is 2.62 bits per heavy atom. The standard InChI is InChI=1S/C28H21IN2O6/c1-35-24-14-17(12-22-26(32)30-28(34)31(27(22)33)15-20-9-5-11-36-20)13-23(29)25(24)37-16-19-8-4-7-18-6-2-3-10-21(18)19/h2-14H,15-16H2,1H3,(H,30,32,34)/b22-12+. The van der Waals surface area contributed by atoms with Gasteiger partial charge in [-0.05, 0) is 74.8 Å². The molecule has 0 saturated carbocycles. The van der Waals surface area contributed by atoms with E-state index in [2.05, 4.69) is 46.1 Å². The Labute approximate surface area is 226 Å². The number of methoxy groups -OCH3 is 1. The second kappa shape index (κ2) is 10.5. The van der Waals surface area contributed by atoms with Gasteiger partial charge in [-0.15, -0.1) is 0 Å². The van der Waals surface area contributed by atoms with E-state index >= 15 is 0 Å². The fourth-order valence-corrected chi connectivity index (χ4v) is 4.88. The van der Waals surface area contributed by atoms with E-state index in [0.29, 0.717) is 29.4 Å². The molecule has 9 heteroatoms. The molecule has 4 amide bonds. The molecular formula is C28H21IN2O6. The molecular weight excluding hydrogens is 587 g/mol. The van der Waals surface area contributed by atoms with E-state index in [0.717, 1.165) is 24.8 Å². The highest BCUT2D eigenvalue weighted by molar-refractivity contribution is 14.1. The topological polar surface area (TPSA) is 98.1 Å². The molecule has 0 unspecified atom stereocenters. The van der Waals surface area contributed by atoms with Crippen molar-refractivity contribution in [2.24, 2.45) is 0 Å². The van der Waals surface area contributed by atoms with Crippen molar-refractivity contribution in [2.45, 2.75) is 13.2 Å². The number of furan rings is 1. The number of nitrogens with zero attached hydrogens (tertiary/aromatic N) is 1. The van der Waals surface area contributed by atoms with Crippen LogP contribution in [0.3, 0.4) is 0 Å². The predicted octanol–water partition coefficient (Wildman–Crippen LogP) is 5.29. The van der Waals surface area contributed by atoms with Crippen LogP contribution in [-0.2, 0) is 22.7 Å². The summed E-state index contributed by atoms with van der Waals surface area (Å²) in [7, 11) is 1.52. The van der Waals surface area contributed by atoms with Gasteiger partial charge in [-0.2, -0.15) is 0 Å². The van der Waals surface area contributed by atoms with Gasteiger partial charge < -0.3 is 13.9 Å². The first kappa shape index (κ1) is 24.6. The van der Waals surface area contributed by atoms with Crippen LogP contribution in [0.15, 0.2) is 83.0 Å². The van der Waals surface area contributed by atoms with Crippen molar-refractivity contribution in [3.05, 3.63) is 99.0 Å². The Morgan fingerprint density at radius 2 is 1.84 bits per heavy atom. The number of carbonyl (C=O) groups excluding carboxylic acids is 3. The number of benzene rings is 3. The van der Waals surface area contributed by atoms with Crippen molar-refractivity contribution in [3.63, 3.8) is 0 Å². The Bertz CT molecular complexity index is 1540. The third-order valence-electron chi connectivity index (χ3n) is 5.89. The van der Waals surface area contributed by atoms with Crippen molar-refractivity contribution in [1.29, 1.82) is 0 Å². The van der Waals surface area contributed by atoms with E-state index in [1.165, 1.54) is 19.4 Å². The van der Waals surface area contributed by atoms with E-state index in [1.807, 2.05) is 24.3 Å². The molecule has 1 fully saturated rings. The SMILES string of the molecule is COc1cc(/C=C2\C(=O)NC(=O)N(Cc3ccco3)C2=O)cc(I)c1OCc1cccc2ccccc12. The molecule has 37 heavy (non-hydrogen) atoms. The molecule has 0 radical (unpaired) electrons. The third kappa shape index (κ3) is 5.08. The molecule has 1 N–H and O–H groups in total. The van der Waals surface area contributed by atoms with E-state index < -0.39 is 17.8 Å². The van der Waals surface area contributed by atoms with Gasteiger partial charge in [-0.3, -0.25) is 19.8 Å². The number of rotatable bonds is 7. The highest BCUT2D eigenvalue weighted by Gasteiger charge is 2.36. The van der Waals surface area contributed by atoms with Crippen LogP contribution >= 0.6 is 22.6 Å². The van der Waals surface area contributed by atoms with Crippen LogP contribution in [0.25, 0.3) is 16.8 Å². The van der Waals surface area contributed by atoms with Gasteiger partial charge in [0.1, 0.15) is 17.9 Å². The molecule has 8 nitrogen and oxygen atoms in total. The van der Waals surface area contributed by atoms with Crippen LogP contribution in [0.2, 0.25) is 0 Å². The van der Waals surface area contributed by atoms with Crippen LogP contribution in [0.5, 0.6) is 11.5 Å². The molecule has 1 aliphatic heterocycles. The number of hydrogen-bond donors (Lipinski definition) is 1. The maximum absolute atomic E-state index is 13.0. The number of fused-ring (bicyclic) bond motifs is 1. The summed E-state index contributed by atoms with van der Waals surface area (Å²) in [6.07, 6.45) is 2.88. The molecule has 1 aromatic heterocycles. The Morgan fingerprint density at radius 1 is 1.03 bits per heavy atom. The van der Waals surface area contributed by atoms with Gasteiger partial charge in [0.15, 0.2) is 11.5 Å². The maximum atomic E-state index is 13.0. The molecule has 5 rings (SSSR count). The maximum Gasteiger partial charge on any atom is 0.331 e. The molecule has 0 spiro atoms. The number of ether oxygens (including phenoxy) is 2. The van der Waals surface area contributed by atoms with Gasteiger partial charge in [-0.25, -0.2) is 4.79 Å². The molecule has 1 saturated heterocycles. The molecule has 3 aromatic carbocycles. The van der Waals surface area contributed by atoms with Crippen molar-refractivity contribution in [2.75, 3.05) is 7.11 Å². The van der Waals surface area contributed by atoms with Crippen LogP contribution in [-0.4, -0.2) is 29.9 Å². The number of urea groups is 1. The van der Waals surface area contributed by atoms with E-state index in [4.69, 9.17) is 13.9 Å². The first-order valence-corrected chi connectivity index (χ1v) is 12.4. The lowest BCUT2D eigenvalue weighted by molar-refractivity contribution is -0.130. The van der Waals surface area contributed by atoms with Gasteiger partial charge in [0, 0.05) is 0 Å².